The second-order valence-electron chi connectivity index (χ2n) is 6.61. The molecule has 3 aromatic carbocycles. The highest BCUT2D eigenvalue weighted by Crippen LogP contribution is 2.45. The van der Waals surface area contributed by atoms with Gasteiger partial charge in [-0.2, -0.15) is 0 Å². The molecule has 0 aliphatic carbocycles. The average molecular weight is 427 g/mol. The smallest absolute Gasteiger partial charge is 0.335 e. The van der Waals surface area contributed by atoms with Crippen LogP contribution in [0.3, 0.4) is 0 Å². The van der Waals surface area contributed by atoms with Gasteiger partial charge in [0.15, 0.2) is 0 Å². The number of anilines is 3. The van der Waals surface area contributed by atoms with E-state index >= 15 is 0 Å². The van der Waals surface area contributed by atoms with Gasteiger partial charge in [0.1, 0.15) is 6.17 Å². The highest BCUT2D eigenvalue weighted by Gasteiger charge is 2.38. The molecule has 1 N–H and O–H groups in total. The van der Waals surface area contributed by atoms with E-state index in [4.69, 9.17) is 28.3 Å². The van der Waals surface area contributed by atoms with Gasteiger partial charge in [-0.05, 0) is 55.5 Å². The van der Waals surface area contributed by atoms with Gasteiger partial charge in [-0.15, -0.1) is 0 Å². The number of benzene rings is 3. The zero-order valence-corrected chi connectivity index (χ0v) is 16.9. The van der Waals surface area contributed by atoms with Gasteiger partial charge < -0.3 is 10.0 Å². The Morgan fingerprint density at radius 3 is 2.03 bits per heavy atom. The molecular weight excluding hydrogens is 411 g/mol. The van der Waals surface area contributed by atoms with Crippen molar-refractivity contribution in [3.05, 3.63) is 87.9 Å². The third-order valence-electron chi connectivity index (χ3n) is 4.94. The molecule has 1 amide bonds. The first-order valence-electron chi connectivity index (χ1n) is 8.89. The number of hydrogen-bond donors (Lipinski definition) is 1. The Labute approximate surface area is 177 Å². The first-order chi connectivity index (χ1) is 13.9. The lowest BCUT2D eigenvalue weighted by Crippen LogP contribution is -2.42. The molecule has 146 valence electrons. The number of aromatic carboxylic acids is 1. The molecule has 0 saturated heterocycles. The fourth-order valence-corrected chi connectivity index (χ4v) is 4.17. The third-order valence-corrected chi connectivity index (χ3v) is 5.57. The van der Waals surface area contributed by atoms with Crippen LogP contribution < -0.4 is 9.80 Å². The Kier molecular flexibility index (Phi) is 4.94. The predicted molar refractivity (Wildman–Crippen MR) is 115 cm³/mol. The maximum atomic E-state index is 13.4. The van der Waals surface area contributed by atoms with Crippen molar-refractivity contribution in [2.75, 3.05) is 9.80 Å². The summed E-state index contributed by atoms with van der Waals surface area (Å²) in [4.78, 5) is 28.2. The molecule has 0 saturated carbocycles. The van der Waals surface area contributed by atoms with Gasteiger partial charge in [0.2, 0.25) is 0 Å². The predicted octanol–water partition coefficient (Wildman–Crippen LogP) is 5.84. The number of carbonyl (C=O) groups excluding carboxylic acids is 1. The molecule has 4 rings (SSSR count). The minimum atomic E-state index is -0.989. The molecule has 1 unspecified atom stereocenters. The van der Waals surface area contributed by atoms with E-state index in [0.29, 0.717) is 0 Å². The minimum Gasteiger partial charge on any atom is -0.478 e. The average Bonchev–Trinajstić information content (AvgIpc) is 2.99. The van der Waals surface area contributed by atoms with Gasteiger partial charge in [0.25, 0.3) is 5.91 Å². The number of rotatable bonds is 3. The van der Waals surface area contributed by atoms with Crippen molar-refractivity contribution in [2.45, 2.75) is 13.1 Å². The summed E-state index contributed by atoms with van der Waals surface area (Å²) >= 11 is 12.6. The van der Waals surface area contributed by atoms with Crippen molar-refractivity contribution >= 4 is 52.1 Å². The fourth-order valence-electron chi connectivity index (χ4n) is 3.61. The van der Waals surface area contributed by atoms with Crippen LogP contribution in [0.4, 0.5) is 17.1 Å². The Hall–Kier alpha value is -3.02. The highest BCUT2D eigenvalue weighted by atomic mass is 35.5. The number of fused-ring (bicyclic) bond motifs is 1. The fraction of sp³-hybridized carbons (Fsp3) is 0.0909. The second kappa shape index (κ2) is 7.43. The van der Waals surface area contributed by atoms with Crippen LogP contribution in [0.15, 0.2) is 66.7 Å². The van der Waals surface area contributed by atoms with Gasteiger partial charge in [-0.1, -0.05) is 41.4 Å². The van der Waals surface area contributed by atoms with Crippen molar-refractivity contribution in [2.24, 2.45) is 0 Å². The number of carboxylic acids is 1. The molecular formula is C22H16Cl2N2O3. The van der Waals surface area contributed by atoms with Crippen LogP contribution in [0.25, 0.3) is 0 Å². The summed E-state index contributed by atoms with van der Waals surface area (Å²) in [5.41, 5.74) is 2.78. The lowest BCUT2D eigenvalue weighted by Gasteiger charge is -2.29. The first kappa shape index (κ1) is 19.3. The highest BCUT2D eigenvalue weighted by molar-refractivity contribution is 6.40. The van der Waals surface area contributed by atoms with Gasteiger partial charge >= 0.3 is 5.97 Å². The van der Waals surface area contributed by atoms with Gasteiger partial charge in [0.05, 0.1) is 32.5 Å². The van der Waals surface area contributed by atoms with E-state index < -0.39 is 5.97 Å². The summed E-state index contributed by atoms with van der Waals surface area (Å²) in [6.45, 7) is 1.90. The topological polar surface area (TPSA) is 60.9 Å². The van der Waals surface area contributed by atoms with Crippen LogP contribution in [0.2, 0.25) is 10.0 Å². The summed E-state index contributed by atoms with van der Waals surface area (Å²) in [7, 11) is 0. The van der Waals surface area contributed by atoms with E-state index in [2.05, 4.69) is 0 Å². The Bertz CT molecular complexity index is 1100. The van der Waals surface area contributed by atoms with Crippen molar-refractivity contribution in [1.29, 1.82) is 0 Å². The number of amides is 1. The Morgan fingerprint density at radius 1 is 0.862 bits per heavy atom. The summed E-state index contributed by atoms with van der Waals surface area (Å²) in [6, 6.07) is 19.0. The standard InChI is InChI=1S/C22H16Cl2N2O3/c1-13-25(15-11-9-14(10-12-15)22(28)29)18-7-2-3-8-19(18)26(13)21(27)20-16(23)5-4-6-17(20)24/h2-13H,1H3,(H,28,29). The number of halogens is 2. The lowest BCUT2D eigenvalue weighted by atomic mass is 10.1. The van der Waals surface area contributed by atoms with E-state index in [0.717, 1.165) is 17.1 Å². The van der Waals surface area contributed by atoms with E-state index in [1.54, 1.807) is 47.4 Å². The molecule has 1 heterocycles. The maximum absolute atomic E-state index is 13.4. The molecule has 3 aromatic rings. The Morgan fingerprint density at radius 2 is 1.45 bits per heavy atom. The van der Waals surface area contributed by atoms with E-state index in [-0.39, 0.29) is 33.2 Å². The molecule has 0 radical (unpaired) electrons. The summed E-state index contributed by atoms with van der Waals surface area (Å²) in [5.74, 6) is -1.29. The van der Waals surface area contributed by atoms with Crippen molar-refractivity contribution < 1.29 is 14.7 Å². The normalized spacial score (nSPS) is 15.3. The summed E-state index contributed by atoms with van der Waals surface area (Å²) in [6.07, 6.45) is -0.372. The zero-order chi connectivity index (χ0) is 20.7. The zero-order valence-electron chi connectivity index (χ0n) is 15.3. The molecule has 29 heavy (non-hydrogen) atoms. The van der Waals surface area contributed by atoms with Crippen molar-refractivity contribution in [1.82, 2.24) is 0 Å². The van der Waals surface area contributed by atoms with E-state index in [1.807, 2.05) is 36.1 Å². The molecule has 0 aromatic heterocycles. The van der Waals surface area contributed by atoms with E-state index in [9.17, 15) is 9.59 Å². The summed E-state index contributed by atoms with van der Waals surface area (Å²) in [5, 5.41) is 9.73. The molecule has 5 nitrogen and oxygen atoms in total. The molecule has 0 fully saturated rings. The first-order valence-corrected chi connectivity index (χ1v) is 9.65. The number of nitrogens with zero attached hydrogens (tertiary/aromatic N) is 2. The summed E-state index contributed by atoms with van der Waals surface area (Å²) < 4.78 is 0. The van der Waals surface area contributed by atoms with Crippen LogP contribution in [-0.4, -0.2) is 23.1 Å². The van der Waals surface area contributed by atoms with Crippen LogP contribution in [0.5, 0.6) is 0 Å². The molecule has 1 aliphatic heterocycles. The number of para-hydroxylation sites is 2. The maximum Gasteiger partial charge on any atom is 0.335 e. The van der Waals surface area contributed by atoms with Gasteiger partial charge in [0, 0.05) is 5.69 Å². The lowest BCUT2D eigenvalue weighted by molar-refractivity contribution is 0.0696. The minimum absolute atomic E-state index is 0.199. The third kappa shape index (κ3) is 3.22. The molecule has 7 heteroatoms. The monoisotopic (exact) mass is 426 g/mol. The molecule has 0 bridgehead atoms. The van der Waals surface area contributed by atoms with Crippen LogP contribution in [0, 0.1) is 0 Å². The van der Waals surface area contributed by atoms with Crippen molar-refractivity contribution in [3.8, 4) is 0 Å². The van der Waals surface area contributed by atoms with Crippen LogP contribution in [0.1, 0.15) is 27.6 Å². The van der Waals surface area contributed by atoms with Crippen molar-refractivity contribution in [3.63, 3.8) is 0 Å². The number of hydrogen-bond acceptors (Lipinski definition) is 3. The van der Waals surface area contributed by atoms with Crippen LogP contribution in [-0.2, 0) is 0 Å². The molecule has 1 atom stereocenters. The van der Waals surface area contributed by atoms with Gasteiger partial charge in [-0.25, -0.2) is 4.79 Å². The number of carboxylic acid groups (broad SMARTS) is 1. The quantitative estimate of drug-likeness (QED) is 0.571. The van der Waals surface area contributed by atoms with Crippen LogP contribution >= 0.6 is 23.2 Å². The Balaban J connectivity index is 1.80. The van der Waals surface area contributed by atoms with E-state index in [1.165, 1.54) is 0 Å². The van der Waals surface area contributed by atoms with Gasteiger partial charge in [-0.3, -0.25) is 9.69 Å². The molecule has 0 spiro atoms. The largest absolute Gasteiger partial charge is 0.478 e. The molecule has 1 aliphatic rings. The SMILES string of the molecule is CC1N(C(=O)c2c(Cl)cccc2Cl)c2ccccc2N1c1ccc(C(=O)O)cc1. The number of carbonyl (C=O) groups is 2. The second-order valence-corrected chi connectivity index (χ2v) is 7.43.